The smallest absolute Gasteiger partial charge is 0.283 e. The second-order valence-corrected chi connectivity index (χ2v) is 6.41. The van der Waals surface area contributed by atoms with Gasteiger partial charge in [0, 0.05) is 6.07 Å². The van der Waals surface area contributed by atoms with Crippen LogP contribution in [0.5, 0.6) is 17.2 Å². The van der Waals surface area contributed by atoms with Gasteiger partial charge in [-0.05, 0) is 35.7 Å². The quantitative estimate of drug-likeness (QED) is 0.517. The minimum absolute atomic E-state index is 0.234. The molecule has 0 saturated carbocycles. The van der Waals surface area contributed by atoms with Crippen molar-refractivity contribution >= 4 is 11.3 Å². The van der Waals surface area contributed by atoms with Gasteiger partial charge in [-0.3, -0.25) is 0 Å². The summed E-state index contributed by atoms with van der Waals surface area (Å²) < 4.78 is 27.8. The van der Waals surface area contributed by atoms with Crippen molar-refractivity contribution in [3.63, 3.8) is 0 Å². The van der Waals surface area contributed by atoms with Crippen LogP contribution in [0.1, 0.15) is 5.76 Å². The average Bonchev–Trinajstić information content (AvgIpc) is 3.46. The summed E-state index contributed by atoms with van der Waals surface area (Å²) in [5, 5.41) is 10.0. The molecule has 0 fully saturated rings. The molecular formula is C18H12N2O5S. The van der Waals surface area contributed by atoms with Gasteiger partial charge >= 0.3 is 0 Å². The Morgan fingerprint density at radius 1 is 0.962 bits per heavy atom. The first kappa shape index (κ1) is 15.0. The first-order valence-corrected chi connectivity index (χ1v) is 8.72. The molecule has 1 aliphatic rings. The molecule has 0 N–H and O–H groups in total. The molecule has 5 rings (SSSR count). The number of nitrogens with zero attached hydrogens (tertiary/aromatic N) is 2. The number of hydrogen-bond acceptors (Lipinski definition) is 8. The zero-order chi connectivity index (χ0) is 17.3. The van der Waals surface area contributed by atoms with E-state index in [0.29, 0.717) is 34.8 Å². The third kappa shape index (κ3) is 2.80. The van der Waals surface area contributed by atoms with Gasteiger partial charge in [-0.2, -0.15) is 0 Å². The van der Waals surface area contributed by atoms with E-state index >= 15 is 0 Å². The van der Waals surface area contributed by atoms with E-state index in [4.69, 9.17) is 23.0 Å². The predicted molar refractivity (Wildman–Crippen MR) is 92.2 cm³/mol. The molecule has 1 aliphatic heterocycles. The van der Waals surface area contributed by atoms with Crippen molar-refractivity contribution in [2.24, 2.45) is 0 Å². The lowest BCUT2D eigenvalue weighted by Crippen LogP contribution is -1.94. The monoisotopic (exact) mass is 368 g/mol. The number of hydrogen-bond donors (Lipinski definition) is 0. The fourth-order valence-corrected chi connectivity index (χ4v) is 3.16. The zero-order valence-electron chi connectivity index (χ0n) is 13.4. The van der Waals surface area contributed by atoms with Gasteiger partial charge in [0.2, 0.25) is 6.79 Å². The summed E-state index contributed by atoms with van der Waals surface area (Å²) in [5.74, 6) is 4.03. The van der Waals surface area contributed by atoms with Gasteiger partial charge in [-0.15, -0.1) is 21.5 Å². The standard InChI is InChI=1S/C18H12N2O5S/c1-2-16(26-7-1)18-20-19-17(25-18)14-6-4-12(24-14)9-21-11-3-5-13-15(8-11)23-10-22-13/h1-8H,9-10H2. The van der Waals surface area contributed by atoms with Crippen molar-refractivity contribution in [3.8, 4) is 39.7 Å². The highest BCUT2D eigenvalue weighted by atomic mass is 32.1. The summed E-state index contributed by atoms with van der Waals surface area (Å²) in [6.07, 6.45) is 0. The van der Waals surface area contributed by atoms with Crippen molar-refractivity contribution in [1.82, 2.24) is 10.2 Å². The maximum absolute atomic E-state index is 5.74. The molecule has 0 amide bonds. The second-order valence-electron chi connectivity index (χ2n) is 5.46. The van der Waals surface area contributed by atoms with Crippen LogP contribution in [-0.2, 0) is 6.61 Å². The van der Waals surface area contributed by atoms with Crippen molar-refractivity contribution in [3.05, 3.63) is 53.6 Å². The molecule has 0 radical (unpaired) electrons. The van der Waals surface area contributed by atoms with Crippen LogP contribution >= 0.6 is 11.3 Å². The maximum Gasteiger partial charge on any atom is 0.283 e. The summed E-state index contributed by atoms with van der Waals surface area (Å²) in [5.41, 5.74) is 0. The number of benzene rings is 1. The van der Waals surface area contributed by atoms with E-state index in [0.717, 1.165) is 10.6 Å². The van der Waals surface area contributed by atoms with E-state index in [1.54, 1.807) is 12.1 Å². The van der Waals surface area contributed by atoms with Gasteiger partial charge in [0.05, 0.1) is 4.88 Å². The van der Waals surface area contributed by atoms with E-state index in [1.807, 2.05) is 35.7 Å². The van der Waals surface area contributed by atoms with Crippen LogP contribution in [0.25, 0.3) is 22.4 Å². The van der Waals surface area contributed by atoms with Gasteiger partial charge in [0.15, 0.2) is 17.3 Å². The minimum Gasteiger partial charge on any atom is -0.486 e. The summed E-state index contributed by atoms with van der Waals surface area (Å²) >= 11 is 1.54. The summed E-state index contributed by atoms with van der Waals surface area (Å²) in [4.78, 5) is 0.918. The molecular weight excluding hydrogens is 356 g/mol. The second kappa shape index (κ2) is 6.23. The molecule has 7 nitrogen and oxygen atoms in total. The van der Waals surface area contributed by atoms with E-state index < -0.39 is 0 Å². The van der Waals surface area contributed by atoms with Crippen molar-refractivity contribution in [2.75, 3.05) is 6.79 Å². The van der Waals surface area contributed by atoms with E-state index in [-0.39, 0.29) is 13.4 Å². The Morgan fingerprint density at radius 3 is 2.81 bits per heavy atom. The summed E-state index contributed by atoms with van der Waals surface area (Å²) in [6.45, 7) is 0.504. The molecule has 4 heterocycles. The molecule has 0 aliphatic carbocycles. The third-order valence-electron chi connectivity index (χ3n) is 3.75. The maximum atomic E-state index is 5.74. The first-order chi connectivity index (χ1) is 12.8. The van der Waals surface area contributed by atoms with Crippen LogP contribution in [-0.4, -0.2) is 17.0 Å². The highest BCUT2D eigenvalue weighted by molar-refractivity contribution is 7.13. The third-order valence-corrected chi connectivity index (χ3v) is 4.61. The first-order valence-electron chi connectivity index (χ1n) is 7.84. The minimum atomic E-state index is 0.234. The Balaban J connectivity index is 1.28. The van der Waals surface area contributed by atoms with Crippen molar-refractivity contribution < 1.29 is 23.0 Å². The zero-order valence-corrected chi connectivity index (χ0v) is 14.2. The fraction of sp³-hybridized carbons (Fsp3) is 0.111. The molecule has 0 unspecified atom stereocenters. The van der Waals surface area contributed by atoms with Gasteiger partial charge in [0.25, 0.3) is 11.8 Å². The summed E-state index contributed by atoms with van der Waals surface area (Å²) in [7, 11) is 0. The van der Waals surface area contributed by atoms with Crippen LogP contribution in [0.15, 0.2) is 56.7 Å². The van der Waals surface area contributed by atoms with Gasteiger partial charge in [-0.25, -0.2) is 0 Å². The molecule has 130 valence electrons. The van der Waals surface area contributed by atoms with E-state index in [1.165, 1.54) is 11.3 Å². The number of thiophene rings is 1. The van der Waals surface area contributed by atoms with Crippen molar-refractivity contribution in [2.45, 2.75) is 6.61 Å². The summed E-state index contributed by atoms with van der Waals surface area (Å²) in [6, 6.07) is 12.9. The molecule has 1 aromatic carbocycles. The highest BCUT2D eigenvalue weighted by Gasteiger charge is 2.16. The number of aromatic nitrogens is 2. The molecule has 3 aromatic heterocycles. The molecule has 26 heavy (non-hydrogen) atoms. The SMILES string of the molecule is c1csc(-c2nnc(-c3ccc(COc4ccc5c(c4)OCO5)o3)o2)c1. The van der Waals surface area contributed by atoms with E-state index in [2.05, 4.69) is 10.2 Å². The van der Waals surface area contributed by atoms with E-state index in [9.17, 15) is 0 Å². The molecule has 8 heteroatoms. The van der Waals surface area contributed by atoms with Gasteiger partial charge in [0.1, 0.15) is 18.1 Å². The van der Waals surface area contributed by atoms with Gasteiger partial charge < -0.3 is 23.0 Å². The molecule has 0 spiro atoms. The Labute approximate surface area is 151 Å². The van der Waals surface area contributed by atoms with Crippen LogP contribution in [0.4, 0.5) is 0 Å². The number of fused-ring (bicyclic) bond motifs is 1. The lowest BCUT2D eigenvalue weighted by molar-refractivity contribution is 0.173. The topological polar surface area (TPSA) is 79.8 Å². The molecule has 0 atom stereocenters. The molecule has 4 aromatic rings. The highest BCUT2D eigenvalue weighted by Crippen LogP contribution is 2.35. The average molecular weight is 368 g/mol. The number of rotatable bonds is 5. The van der Waals surface area contributed by atoms with Crippen LogP contribution in [0, 0.1) is 0 Å². The normalized spacial score (nSPS) is 12.5. The lowest BCUT2D eigenvalue weighted by atomic mass is 10.3. The fourth-order valence-electron chi connectivity index (χ4n) is 2.51. The Hall–Kier alpha value is -3.26. The lowest BCUT2D eigenvalue weighted by Gasteiger charge is -2.04. The molecule has 0 saturated heterocycles. The Bertz CT molecular complexity index is 1040. The number of ether oxygens (including phenoxy) is 3. The van der Waals surface area contributed by atoms with Crippen LogP contribution in [0.3, 0.4) is 0 Å². The van der Waals surface area contributed by atoms with Crippen molar-refractivity contribution in [1.29, 1.82) is 0 Å². The predicted octanol–water partition coefficient (Wildman–Crippen LogP) is 4.37. The largest absolute Gasteiger partial charge is 0.486 e. The van der Waals surface area contributed by atoms with Gasteiger partial charge in [-0.1, -0.05) is 6.07 Å². The van der Waals surface area contributed by atoms with Crippen LogP contribution in [0.2, 0.25) is 0 Å². The Kier molecular flexibility index (Phi) is 3.60. The molecule has 0 bridgehead atoms. The van der Waals surface area contributed by atoms with Crippen LogP contribution < -0.4 is 14.2 Å². The number of furan rings is 1. The Morgan fingerprint density at radius 2 is 1.88 bits per heavy atom.